The summed E-state index contributed by atoms with van der Waals surface area (Å²) < 4.78 is 21.1. The molecule has 2 rings (SSSR count). The third-order valence-corrected chi connectivity index (χ3v) is 3.87. The molecule has 0 atom stereocenters. The van der Waals surface area contributed by atoms with Crippen molar-refractivity contribution in [2.45, 2.75) is 40.2 Å². The molecule has 0 amide bonds. The maximum Gasteiger partial charge on any atom is 0.344 e. The standard InChI is InChI=1S/C21H26O6/c1-4-16-5-7-17(8-6-16)26-14-21(23)27-12-18-11-19(22)20(13-25-18)24-10-9-15(2)3/h5-8,11,13,15H,4,9-10,12,14H2,1-3H3. The van der Waals surface area contributed by atoms with Gasteiger partial charge in [0.05, 0.1) is 6.61 Å². The minimum absolute atomic E-state index is 0.140. The number of rotatable bonds is 10. The van der Waals surface area contributed by atoms with Crippen LogP contribution in [0.15, 0.2) is 45.8 Å². The van der Waals surface area contributed by atoms with E-state index in [1.165, 1.54) is 17.9 Å². The summed E-state index contributed by atoms with van der Waals surface area (Å²) in [4.78, 5) is 23.8. The molecule has 0 spiro atoms. The van der Waals surface area contributed by atoms with E-state index in [9.17, 15) is 9.59 Å². The molecule has 27 heavy (non-hydrogen) atoms. The lowest BCUT2D eigenvalue weighted by Crippen LogP contribution is -2.15. The largest absolute Gasteiger partial charge is 0.487 e. The van der Waals surface area contributed by atoms with Crippen molar-refractivity contribution in [3.63, 3.8) is 0 Å². The Morgan fingerprint density at radius 3 is 2.52 bits per heavy atom. The molecule has 0 unspecified atom stereocenters. The fraction of sp³-hybridized carbons (Fsp3) is 0.429. The van der Waals surface area contributed by atoms with Gasteiger partial charge in [-0.1, -0.05) is 32.9 Å². The van der Waals surface area contributed by atoms with Gasteiger partial charge in [0.15, 0.2) is 6.61 Å². The summed E-state index contributed by atoms with van der Waals surface area (Å²) >= 11 is 0. The molecule has 0 bridgehead atoms. The minimum Gasteiger partial charge on any atom is -0.487 e. The quantitative estimate of drug-likeness (QED) is 0.590. The molecular weight excluding hydrogens is 348 g/mol. The predicted molar refractivity (Wildman–Crippen MR) is 101 cm³/mol. The fourth-order valence-electron chi connectivity index (χ4n) is 2.18. The van der Waals surface area contributed by atoms with Gasteiger partial charge in [0, 0.05) is 6.07 Å². The van der Waals surface area contributed by atoms with E-state index >= 15 is 0 Å². The smallest absolute Gasteiger partial charge is 0.344 e. The SMILES string of the molecule is CCc1ccc(OCC(=O)OCc2cc(=O)c(OCCC(C)C)co2)cc1. The Labute approximate surface area is 159 Å². The van der Waals surface area contributed by atoms with Gasteiger partial charge >= 0.3 is 5.97 Å². The Bertz CT molecular complexity index is 776. The summed E-state index contributed by atoms with van der Waals surface area (Å²) in [5, 5.41) is 0. The topological polar surface area (TPSA) is 75.0 Å². The number of carbonyl (C=O) groups excluding carboxylic acids is 1. The minimum atomic E-state index is -0.547. The zero-order chi connectivity index (χ0) is 19.6. The monoisotopic (exact) mass is 374 g/mol. The van der Waals surface area contributed by atoms with Crippen LogP contribution in [-0.4, -0.2) is 19.2 Å². The van der Waals surface area contributed by atoms with Crippen molar-refractivity contribution in [1.82, 2.24) is 0 Å². The molecule has 0 radical (unpaired) electrons. The molecule has 1 aromatic carbocycles. The van der Waals surface area contributed by atoms with Crippen LogP contribution in [0.25, 0.3) is 0 Å². The van der Waals surface area contributed by atoms with Crippen LogP contribution in [0.4, 0.5) is 0 Å². The zero-order valence-corrected chi connectivity index (χ0v) is 16.0. The molecule has 0 aliphatic rings. The second-order valence-corrected chi connectivity index (χ2v) is 6.55. The summed E-state index contributed by atoms with van der Waals surface area (Å²) in [6.07, 6.45) is 3.03. The highest BCUT2D eigenvalue weighted by Gasteiger charge is 2.09. The van der Waals surface area contributed by atoms with Crippen LogP contribution >= 0.6 is 0 Å². The zero-order valence-electron chi connectivity index (χ0n) is 16.0. The van der Waals surface area contributed by atoms with Crippen molar-refractivity contribution >= 4 is 5.97 Å². The highest BCUT2D eigenvalue weighted by molar-refractivity contribution is 5.71. The molecule has 6 heteroatoms. The van der Waals surface area contributed by atoms with Crippen LogP contribution < -0.4 is 14.9 Å². The summed E-state index contributed by atoms with van der Waals surface area (Å²) in [6.45, 7) is 6.31. The van der Waals surface area contributed by atoms with E-state index < -0.39 is 5.97 Å². The number of ether oxygens (including phenoxy) is 3. The first kappa shape index (κ1) is 20.6. The summed E-state index contributed by atoms with van der Waals surface area (Å²) in [6, 6.07) is 8.77. The lowest BCUT2D eigenvalue weighted by Gasteiger charge is -2.09. The number of aryl methyl sites for hydroxylation is 1. The van der Waals surface area contributed by atoms with Crippen molar-refractivity contribution < 1.29 is 23.4 Å². The Kier molecular flexibility index (Phi) is 7.92. The molecule has 0 fully saturated rings. The second kappa shape index (κ2) is 10.4. The average molecular weight is 374 g/mol. The molecule has 0 N–H and O–H groups in total. The van der Waals surface area contributed by atoms with Crippen molar-refractivity contribution in [2.24, 2.45) is 5.92 Å². The van der Waals surface area contributed by atoms with Crippen LogP contribution in [0.5, 0.6) is 11.5 Å². The second-order valence-electron chi connectivity index (χ2n) is 6.55. The Hall–Kier alpha value is -2.76. The summed E-state index contributed by atoms with van der Waals surface area (Å²) in [7, 11) is 0. The maximum absolute atomic E-state index is 12.0. The van der Waals surface area contributed by atoms with Crippen LogP contribution in [0.3, 0.4) is 0 Å². The number of esters is 1. The molecule has 1 aromatic heterocycles. The van der Waals surface area contributed by atoms with Gasteiger partial charge < -0.3 is 18.6 Å². The van der Waals surface area contributed by atoms with Crippen LogP contribution in [0.1, 0.15) is 38.5 Å². The van der Waals surface area contributed by atoms with E-state index in [2.05, 4.69) is 20.8 Å². The van der Waals surface area contributed by atoms with Gasteiger partial charge in [0.25, 0.3) is 0 Å². The van der Waals surface area contributed by atoms with Crippen molar-refractivity contribution in [3.8, 4) is 11.5 Å². The van der Waals surface area contributed by atoms with Gasteiger partial charge in [0.2, 0.25) is 11.2 Å². The fourth-order valence-corrected chi connectivity index (χ4v) is 2.18. The third-order valence-electron chi connectivity index (χ3n) is 3.87. The Morgan fingerprint density at radius 2 is 1.89 bits per heavy atom. The van der Waals surface area contributed by atoms with Crippen LogP contribution in [-0.2, 0) is 22.6 Å². The average Bonchev–Trinajstić information content (AvgIpc) is 2.66. The molecule has 0 aliphatic carbocycles. The predicted octanol–water partition coefficient (Wildman–Crippen LogP) is 3.75. The van der Waals surface area contributed by atoms with Crippen LogP contribution in [0, 0.1) is 5.92 Å². The summed E-state index contributed by atoms with van der Waals surface area (Å²) in [5.74, 6) is 0.942. The van der Waals surface area contributed by atoms with E-state index in [4.69, 9.17) is 18.6 Å². The highest BCUT2D eigenvalue weighted by Crippen LogP contribution is 2.13. The number of carbonyl (C=O) groups is 1. The van der Waals surface area contributed by atoms with Gasteiger partial charge in [-0.15, -0.1) is 0 Å². The van der Waals surface area contributed by atoms with E-state index in [1.807, 2.05) is 24.3 Å². The van der Waals surface area contributed by atoms with Gasteiger partial charge in [-0.25, -0.2) is 4.79 Å². The Balaban J connectivity index is 1.77. The Morgan fingerprint density at radius 1 is 1.15 bits per heavy atom. The lowest BCUT2D eigenvalue weighted by molar-refractivity contribution is -0.147. The van der Waals surface area contributed by atoms with Crippen molar-refractivity contribution in [3.05, 3.63) is 58.1 Å². The lowest BCUT2D eigenvalue weighted by atomic mass is 10.1. The van der Waals surface area contributed by atoms with Gasteiger partial charge in [-0.2, -0.15) is 0 Å². The number of hydrogen-bond acceptors (Lipinski definition) is 6. The molecule has 6 nitrogen and oxygen atoms in total. The van der Waals surface area contributed by atoms with E-state index in [-0.39, 0.29) is 30.2 Å². The normalized spacial score (nSPS) is 10.7. The molecular formula is C21H26O6. The third kappa shape index (κ3) is 7.17. The molecule has 1 heterocycles. The summed E-state index contributed by atoms with van der Waals surface area (Å²) in [5.41, 5.74) is 0.889. The van der Waals surface area contributed by atoms with Gasteiger partial charge in [-0.3, -0.25) is 4.79 Å². The molecule has 0 aliphatic heterocycles. The number of hydrogen-bond donors (Lipinski definition) is 0. The van der Waals surface area contributed by atoms with E-state index in [0.717, 1.165) is 12.8 Å². The van der Waals surface area contributed by atoms with Crippen LogP contribution in [0.2, 0.25) is 0 Å². The molecule has 2 aromatic rings. The molecule has 146 valence electrons. The number of benzene rings is 1. The first-order chi connectivity index (χ1) is 13.0. The van der Waals surface area contributed by atoms with Gasteiger partial charge in [0.1, 0.15) is 24.4 Å². The highest BCUT2D eigenvalue weighted by atomic mass is 16.6. The first-order valence-electron chi connectivity index (χ1n) is 9.09. The molecule has 0 saturated heterocycles. The van der Waals surface area contributed by atoms with E-state index in [1.54, 1.807) is 0 Å². The van der Waals surface area contributed by atoms with Gasteiger partial charge in [-0.05, 0) is 36.5 Å². The maximum atomic E-state index is 12.0. The first-order valence-corrected chi connectivity index (χ1v) is 9.09. The van der Waals surface area contributed by atoms with E-state index in [0.29, 0.717) is 18.3 Å². The van der Waals surface area contributed by atoms with Crippen molar-refractivity contribution in [2.75, 3.05) is 13.2 Å². The van der Waals surface area contributed by atoms with Crippen molar-refractivity contribution in [1.29, 1.82) is 0 Å². The molecule has 0 saturated carbocycles.